The highest BCUT2D eigenvalue weighted by Crippen LogP contribution is 2.30. The minimum absolute atomic E-state index is 0.0918. The Kier molecular flexibility index (Phi) is 5.10. The highest BCUT2D eigenvalue weighted by atomic mass is 35.5. The molecule has 0 aliphatic rings. The molecule has 0 bridgehead atoms. The van der Waals surface area contributed by atoms with E-state index in [1.54, 1.807) is 12.1 Å². The van der Waals surface area contributed by atoms with Crippen molar-refractivity contribution in [2.45, 2.75) is 13.0 Å². The number of nitrogens with zero attached hydrogens (tertiary/aromatic N) is 1. The molecule has 0 saturated carbocycles. The molecule has 0 fully saturated rings. The van der Waals surface area contributed by atoms with Gasteiger partial charge in [-0.25, -0.2) is 0 Å². The van der Waals surface area contributed by atoms with E-state index in [1.165, 1.54) is 0 Å². The number of para-hydroxylation sites is 1. The van der Waals surface area contributed by atoms with Crippen molar-refractivity contribution in [3.05, 3.63) is 64.1 Å². The predicted molar refractivity (Wildman–Crippen MR) is 86.3 cm³/mol. The first-order chi connectivity index (χ1) is 9.99. The van der Waals surface area contributed by atoms with Gasteiger partial charge in [-0.3, -0.25) is 4.79 Å². The van der Waals surface area contributed by atoms with E-state index in [9.17, 15) is 4.79 Å². The molecule has 0 heterocycles. The highest BCUT2D eigenvalue weighted by molar-refractivity contribution is 6.42. The highest BCUT2D eigenvalue weighted by Gasteiger charge is 2.19. The standard InChI is InChI=1S/C16H15Cl2NO2/c1-11(12-7-8-14(17)15(18)9-12)19(10-16(20)21)13-5-3-2-4-6-13/h2-9,11H,10H2,1H3,(H,20,21). The molecular formula is C16H15Cl2NO2. The van der Waals surface area contributed by atoms with Crippen molar-refractivity contribution in [3.8, 4) is 0 Å². The Morgan fingerprint density at radius 2 is 1.81 bits per heavy atom. The minimum atomic E-state index is -0.884. The summed E-state index contributed by atoms with van der Waals surface area (Å²) in [6.07, 6.45) is 0. The monoisotopic (exact) mass is 323 g/mol. The lowest BCUT2D eigenvalue weighted by atomic mass is 10.1. The molecule has 5 heteroatoms. The van der Waals surface area contributed by atoms with Crippen LogP contribution in [0.1, 0.15) is 18.5 Å². The SMILES string of the molecule is CC(c1ccc(Cl)c(Cl)c1)N(CC(=O)O)c1ccccc1. The molecule has 1 atom stereocenters. The Morgan fingerprint density at radius 3 is 2.38 bits per heavy atom. The first kappa shape index (κ1) is 15.7. The van der Waals surface area contributed by atoms with Crippen LogP contribution in [0.2, 0.25) is 10.0 Å². The molecule has 0 aliphatic carbocycles. The van der Waals surface area contributed by atoms with Gasteiger partial charge in [0.15, 0.2) is 0 Å². The van der Waals surface area contributed by atoms with E-state index in [2.05, 4.69) is 0 Å². The fraction of sp³-hybridized carbons (Fsp3) is 0.188. The molecular weight excluding hydrogens is 309 g/mol. The van der Waals surface area contributed by atoms with Crippen molar-refractivity contribution in [3.63, 3.8) is 0 Å². The Hall–Kier alpha value is -1.71. The molecule has 1 unspecified atom stereocenters. The zero-order chi connectivity index (χ0) is 15.4. The third-order valence-electron chi connectivity index (χ3n) is 3.29. The minimum Gasteiger partial charge on any atom is -0.480 e. The fourth-order valence-electron chi connectivity index (χ4n) is 2.17. The largest absolute Gasteiger partial charge is 0.480 e. The molecule has 0 spiro atoms. The van der Waals surface area contributed by atoms with E-state index < -0.39 is 5.97 Å². The van der Waals surface area contributed by atoms with Crippen LogP contribution in [0.4, 0.5) is 5.69 Å². The molecule has 2 aromatic carbocycles. The summed E-state index contributed by atoms with van der Waals surface area (Å²) < 4.78 is 0. The summed E-state index contributed by atoms with van der Waals surface area (Å²) in [6.45, 7) is 1.85. The number of carbonyl (C=O) groups is 1. The smallest absolute Gasteiger partial charge is 0.323 e. The third kappa shape index (κ3) is 3.90. The summed E-state index contributed by atoms with van der Waals surface area (Å²) in [5.74, 6) is -0.884. The number of carboxylic acids is 1. The van der Waals surface area contributed by atoms with Crippen LogP contribution >= 0.6 is 23.2 Å². The molecule has 0 saturated heterocycles. The van der Waals surface area contributed by atoms with Crippen LogP contribution in [0, 0.1) is 0 Å². The summed E-state index contributed by atoms with van der Waals surface area (Å²) in [6, 6.07) is 14.6. The predicted octanol–water partition coefficient (Wildman–Crippen LogP) is 4.65. The molecule has 2 aromatic rings. The second kappa shape index (κ2) is 6.83. The second-order valence-electron chi connectivity index (χ2n) is 4.71. The number of aliphatic carboxylic acids is 1. The van der Waals surface area contributed by atoms with Crippen LogP contribution in [0.15, 0.2) is 48.5 Å². The summed E-state index contributed by atoms with van der Waals surface area (Å²) in [5, 5.41) is 10.1. The van der Waals surface area contributed by atoms with Gasteiger partial charge in [-0.2, -0.15) is 0 Å². The molecule has 0 amide bonds. The van der Waals surface area contributed by atoms with Gasteiger partial charge in [0.1, 0.15) is 6.54 Å². The van der Waals surface area contributed by atoms with E-state index in [1.807, 2.05) is 48.2 Å². The molecule has 21 heavy (non-hydrogen) atoms. The number of hydrogen-bond acceptors (Lipinski definition) is 2. The van der Waals surface area contributed by atoms with Crippen molar-refractivity contribution in [1.82, 2.24) is 0 Å². The van der Waals surface area contributed by atoms with Crippen LogP contribution in [0.25, 0.3) is 0 Å². The lowest BCUT2D eigenvalue weighted by Gasteiger charge is -2.30. The number of hydrogen-bond donors (Lipinski definition) is 1. The van der Waals surface area contributed by atoms with Gasteiger partial charge in [-0.1, -0.05) is 47.5 Å². The van der Waals surface area contributed by atoms with Gasteiger partial charge in [0.25, 0.3) is 0 Å². The Labute approximate surface area is 133 Å². The average Bonchev–Trinajstić information content (AvgIpc) is 2.47. The van der Waals surface area contributed by atoms with Crippen molar-refractivity contribution in [2.24, 2.45) is 0 Å². The van der Waals surface area contributed by atoms with Crippen LogP contribution in [-0.2, 0) is 4.79 Å². The third-order valence-corrected chi connectivity index (χ3v) is 4.03. The number of anilines is 1. The normalized spacial score (nSPS) is 12.0. The zero-order valence-electron chi connectivity index (χ0n) is 11.5. The Balaban J connectivity index is 2.35. The van der Waals surface area contributed by atoms with Gasteiger partial charge in [0.05, 0.1) is 16.1 Å². The van der Waals surface area contributed by atoms with E-state index >= 15 is 0 Å². The van der Waals surface area contributed by atoms with E-state index in [4.69, 9.17) is 28.3 Å². The average molecular weight is 324 g/mol. The van der Waals surface area contributed by atoms with Gasteiger partial charge in [-0.05, 0) is 36.8 Å². The maximum atomic E-state index is 11.2. The number of benzene rings is 2. The van der Waals surface area contributed by atoms with Crippen molar-refractivity contribution in [1.29, 1.82) is 0 Å². The van der Waals surface area contributed by atoms with E-state index in [0.29, 0.717) is 10.0 Å². The number of rotatable bonds is 5. The maximum absolute atomic E-state index is 11.2. The topological polar surface area (TPSA) is 40.5 Å². The summed E-state index contributed by atoms with van der Waals surface area (Å²) in [4.78, 5) is 13.0. The van der Waals surface area contributed by atoms with Crippen molar-refractivity contribution in [2.75, 3.05) is 11.4 Å². The van der Waals surface area contributed by atoms with Crippen LogP contribution in [0.3, 0.4) is 0 Å². The number of halogens is 2. The summed E-state index contributed by atoms with van der Waals surface area (Å²) >= 11 is 12.0. The summed E-state index contributed by atoms with van der Waals surface area (Å²) in [5.41, 5.74) is 1.76. The Morgan fingerprint density at radius 1 is 1.14 bits per heavy atom. The van der Waals surface area contributed by atoms with Gasteiger partial charge >= 0.3 is 5.97 Å². The maximum Gasteiger partial charge on any atom is 0.323 e. The van der Waals surface area contributed by atoms with E-state index in [0.717, 1.165) is 11.3 Å². The molecule has 2 rings (SSSR count). The molecule has 110 valence electrons. The lowest BCUT2D eigenvalue weighted by molar-refractivity contribution is -0.135. The first-order valence-corrected chi connectivity index (χ1v) is 7.23. The molecule has 1 N–H and O–H groups in total. The Bertz CT molecular complexity index is 631. The molecule has 3 nitrogen and oxygen atoms in total. The molecule has 0 aromatic heterocycles. The number of carboxylic acid groups (broad SMARTS) is 1. The van der Waals surface area contributed by atoms with Crippen molar-refractivity contribution >= 4 is 34.9 Å². The van der Waals surface area contributed by atoms with Crippen LogP contribution in [-0.4, -0.2) is 17.6 Å². The van der Waals surface area contributed by atoms with Gasteiger partial charge in [0.2, 0.25) is 0 Å². The van der Waals surface area contributed by atoms with Crippen LogP contribution < -0.4 is 4.90 Å². The lowest BCUT2D eigenvalue weighted by Crippen LogP contribution is -2.32. The zero-order valence-corrected chi connectivity index (χ0v) is 13.0. The fourth-order valence-corrected chi connectivity index (χ4v) is 2.48. The van der Waals surface area contributed by atoms with Gasteiger partial charge in [-0.15, -0.1) is 0 Å². The van der Waals surface area contributed by atoms with Crippen LogP contribution in [0.5, 0.6) is 0 Å². The van der Waals surface area contributed by atoms with Crippen molar-refractivity contribution < 1.29 is 9.90 Å². The van der Waals surface area contributed by atoms with E-state index in [-0.39, 0.29) is 12.6 Å². The van der Waals surface area contributed by atoms with Gasteiger partial charge in [0, 0.05) is 5.69 Å². The quantitative estimate of drug-likeness (QED) is 0.870. The molecule has 0 radical (unpaired) electrons. The first-order valence-electron chi connectivity index (χ1n) is 6.47. The summed E-state index contributed by atoms with van der Waals surface area (Å²) in [7, 11) is 0. The molecule has 0 aliphatic heterocycles. The van der Waals surface area contributed by atoms with Gasteiger partial charge < -0.3 is 10.0 Å². The second-order valence-corrected chi connectivity index (χ2v) is 5.52.